The van der Waals surface area contributed by atoms with Crippen LogP contribution in [0.5, 0.6) is 0 Å². The van der Waals surface area contributed by atoms with Crippen molar-refractivity contribution in [1.29, 1.82) is 0 Å². The normalized spacial score (nSPS) is 15.3. The maximum Gasteiger partial charge on any atom is 0.229 e. The third-order valence-electron chi connectivity index (χ3n) is 4.79. The van der Waals surface area contributed by atoms with E-state index in [4.69, 9.17) is 0 Å². The predicted octanol–water partition coefficient (Wildman–Crippen LogP) is 2.74. The quantitative estimate of drug-likeness (QED) is 0.746. The van der Waals surface area contributed by atoms with E-state index in [1.165, 1.54) is 27.2 Å². The van der Waals surface area contributed by atoms with Crippen LogP contribution in [0.15, 0.2) is 42.5 Å². The van der Waals surface area contributed by atoms with Crippen LogP contribution < -0.4 is 5.32 Å². The first kappa shape index (κ1) is 15.6. The molecule has 4 rings (SSSR count). The lowest BCUT2D eigenvalue weighted by Crippen LogP contribution is -2.32. The molecule has 1 saturated heterocycles. The van der Waals surface area contributed by atoms with E-state index >= 15 is 0 Å². The first-order valence-corrected chi connectivity index (χ1v) is 8.46. The SMILES string of the molecule is O=C(CCN1C(=O)CCC1=O)Nc1ccc2c(c1)Cc1ccccc1-2. The van der Waals surface area contributed by atoms with Gasteiger partial charge in [-0.15, -0.1) is 0 Å². The molecule has 0 radical (unpaired) electrons. The van der Waals surface area contributed by atoms with E-state index in [0.717, 1.165) is 12.1 Å². The Bertz CT molecular complexity index is 872. The summed E-state index contributed by atoms with van der Waals surface area (Å²) in [7, 11) is 0. The Hall–Kier alpha value is -2.95. The number of likely N-dealkylation sites (tertiary alicyclic amines) is 1. The van der Waals surface area contributed by atoms with E-state index in [-0.39, 0.29) is 43.5 Å². The fraction of sp³-hybridized carbons (Fsp3) is 0.250. The molecule has 0 saturated carbocycles. The van der Waals surface area contributed by atoms with Crippen molar-refractivity contribution in [2.75, 3.05) is 11.9 Å². The number of carbonyl (C=O) groups is 3. The Kier molecular flexibility index (Phi) is 3.84. The molecule has 1 N–H and O–H groups in total. The summed E-state index contributed by atoms with van der Waals surface area (Å²) in [4.78, 5) is 36.4. The van der Waals surface area contributed by atoms with E-state index < -0.39 is 0 Å². The standard InChI is InChI=1S/C20H18N2O3/c23-18(9-10-22-19(24)7-8-20(22)25)21-15-5-6-17-14(12-15)11-13-3-1-2-4-16(13)17/h1-6,12H,7-11H2,(H,21,23). The Morgan fingerprint density at radius 2 is 1.68 bits per heavy atom. The van der Waals surface area contributed by atoms with Gasteiger partial charge >= 0.3 is 0 Å². The van der Waals surface area contributed by atoms with Gasteiger partial charge in [-0.2, -0.15) is 0 Å². The molecule has 2 aliphatic rings. The number of nitrogens with one attached hydrogen (secondary N) is 1. The van der Waals surface area contributed by atoms with E-state index in [1.807, 2.05) is 30.3 Å². The summed E-state index contributed by atoms with van der Waals surface area (Å²) < 4.78 is 0. The van der Waals surface area contributed by atoms with Crippen LogP contribution in [0.4, 0.5) is 5.69 Å². The number of hydrogen-bond acceptors (Lipinski definition) is 3. The highest BCUT2D eigenvalue weighted by Gasteiger charge is 2.28. The highest BCUT2D eigenvalue weighted by Crippen LogP contribution is 2.37. The summed E-state index contributed by atoms with van der Waals surface area (Å²) in [6, 6.07) is 14.2. The monoisotopic (exact) mass is 334 g/mol. The van der Waals surface area contributed by atoms with Gasteiger partial charge in [-0.1, -0.05) is 30.3 Å². The summed E-state index contributed by atoms with van der Waals surface area (Å²) in [5.41, 5.74) is 5.70. The third-order valence-corrected chi connectivity index (χ3v) is 4.79. The van der Waals surface area contributed by atoms with E-state index in [0.29, 0.717) is 0 Å². The maximum atomic E-state index is 12.1. The number of benzene rings is 2. The predicted molar refractivity (Wildman–Crippen MR) is 93.9 cm³/mol. The van der Waals surface area contributed by atoms with E-state index in [1.54, 1.807) is 0 Å². The average molecular weight is 334 g/mol. The Labute approximate surface area is 145 Å². The molecule has 126 valence electrons. The van der Waals surface area contributed by atoms with Crippen molar-refractivity contribution >= 4 is 23.4 Å². The van der Waals surface area contributed by atoms with Gasteiger partial charge in [0.1, 0.15) is 0 Å². The molecule has 1 aliphatic heterocycles. The average Bonchev–Trinajstić information content (AvgIpc) is 3.12. The highest BCUT2D eigenvalue weighted by atomic mass is 16.2. The summed E-state index contributed by atoms with van der Waals surface area (Å²) in [6.07, 6.45) is 1.50. The molecule has 1 aliphatic carbocycles. The van der Waals surface area contributed by atoms with Crippen LogP contribution >= 0.6 is 0 Å². The molecular weight excluding hydrogens is 316 g/mol. The number of nitrogens with zero attached hydrogens (tertiary/aromatic N) is 1. The van der Waals surface area contributed by atoms with Gasteiger partial charge < -0.3 is 5.32 Å². The molecule has 1 fully saturated rings. The van der Waals surface area contributed by atoms with Crippen molar-refractivity contribution in [3.05, 3.63) is 53.6 Å². The Morgan fingerprint density at radius 3 is 2.48 bits per heavy atom. The number of carbonyl (C=O) groups excluding carboxylic acids is 3. The summed E-state index contributed by atoms with van der Waals surface area (Å²) in [6.45, 7) is 0.153. The zero-order chi connectivity index (χ0) is 17.4. The number of hydrogen-bond donors (Lipinski definition) is 1. The molecule has 5 nitrogen and oxygen atoms in total. The molecule has 0 spiro atoms. The number of fused-ring (bicyclic) bond motifs is 3. The van der Waals surface area contributed by atoms with Crippen LogP contribution in [0, 0.1) is 0 Å². The molecule has 1 heterocycles. The van der Waals surface area contributed by atoms with Crippen LogP contribution in [0.1, 0.15) is 30.4 Å². The van der Waals surface area contributed by atoms with Gasteiger partial charge in [-0.05, 0) is 40.8 Å². The smallest absolute Gasteiger partial charge is 0.229 e. The number of imide groups is 1. The molecule has 25 heavy (non-hydrogen) atoms. The minimum atomic E-state index is -0.192. The summed E-state index contributed by atoms with van der Waals surface area (Å²) in [5.74, 6) is -0.566. The largest absolute Gasteiger partial charge is 0.326 e. The molecule has 0 unspecified atom stereocenters. The third kappa shape index (κ3) is 2.93. The topological polar surface area (TPSA) is 66.5 Å². The van der Waals surface area contributed by atoms with Crippen molar-refractivity contribution in [3.63, 3.8) is 0 Å². The van der Waals surface area contributed by atoms with Gasteiger partial charge in [-0.25, -0.2) is 0 Å². The number of rotatable bonds is 4. The first-order chi connectivity index (χ1) is 12.1. The fourth-order valence-electron chi connectivity index (χ4n) is 3.53. The highest BCUT2D eigenvalue weighted by molar-refractivity contribution is 6.02. The maximum absolute atomic E-state index is 12.1. The van der Waals surface area contributed by atoms with Crippen molar-refractivity contribution in [2.45, 2.75) is 25.7 Å². The molecule has 0 atom stereocenters. The van der Waals surface area contributed by atoms with Crippen LogP contribution in [0.25, 0.3) is 11.1 Å². The minimum absolute atomic E-state index is 0.120. The van der Waals surface area contributed by atoms with Crippen LogP contribution in [-0.4, -0.2) is 29.2 Å². The zero-order valence-electron chi connectivity index (χ0n) is 13.7. The molecule has 5 heteroatoms. The molecule has 2 aromatic rings. The zero-order valence-corrected chi connectivity index (χ0v) is 13.7. The second-order valence-electron chi connectivity index (χ2n) is 6.44. The molecule has 0 aromatic heterocycles. The van der Waals surface area contributed by atoms with Crippen LogP contribution in [-0.2, 0) is 20.8 Å². The molecular formula is C20H18N2O3. The Morgan fingerprint density at radius 1 is 0.960 bits per heavy atom. The fourth-order valence-corrected chi connectivity index (χ4v) is 3.53. The first-order valence-electron chi connectivity index (χ1n) is 8.46. The second kappa shape index (κ2) is 6.16. The van der Waals surface area contributed by atoms with E-state index in [2.05, 4.69) is 17.4 Å². The van der Waals surface area contributed by atoms with E-state index in [9.17, 15) is 14.4 Å². The van der Waals surface area contributed by atoms with Crippen molar-refractivity contribution < 1.29 is 14.4 Å². The van der Waals surface area contributed by atoms with Gasteiger partial charge in [0.15, 0.2) is 0 Å². The van der Waals surface area contributed by atoms with Gasteiger partial charge in [0.05, 0.1) is 0 Å². The number of amides is 3. The Balaban J connectivity index is 1.40. The minimum Gasteiger partial charge on any atom is -0.326 e. The number of anilines is 1. The lowest BCUT2D eigenvalue weighted by Gasteiger charge is -2.13. The van der Waals surface area contributed by atoms with Gasteiger partial charge in [0.25, 0.3) is 0 Å². The summed E-state index contributed by atoms with van der Waals surface area (Å²) in [5, 5.41) is 2.86. The van der Waals surface area contributed by atoms with Gasteiger partial charge in [-0.3, -0.25) is 19.3 Å². The van der Waals surface area contributed by atoms with Gasteiger partial charge in [0.2, 0.25) is 17.7 Å². The van der Waals surface area contributed by atoms with Crippen molar-refractivity contribution in [2.24, 2.45) is 0 Å². The molecule has 3 amide bonds. The van der Waals surface area contributed by atoms with Crippen LogP contribution in [0.2, 0.25) is 0 Å². The second-order valence-corrected chi connectivity index (χ2v) is 6.44. The molecule has 0 bridgehead atoms. The van der Waals surface area contributed by atoms with Crippen LogP contribution in [0.3, 0.4) is 0 Å². The lowest BCUT2D eigenvalue weighted by molar-refractivity contribution is -0.138. The van der Waals surface area contributed by atoms with Crippen molar-refractivity contribution in [3.8, 4) is 11.1 Å². The summed E-state index contributed by atoms with van der Waals surface area (Å²) >= 11 is 0. The lowest BCUT2D eigenvalue weighted by atomic mass is 10.1. The van der Waals surface area contributed by atoms with Gasteiger partial charge in [0, 0.05) is 31.5 Å². The molecule has 2 aromatic carbocycles. The van der Waals surface area contributed by atoms with Crippen molar-refractivity contribution in [1.82, 2.24) is 4.90 Å².